The molecular weight excluding hydrogens is 484 g/mol. The highest BCUT2D eigenvalue weighted by Crippen LogP contribution is 2.21. The van der Waals surface area contributed by atoms with Crippen LogP contribution in [0.2, 0.25) is 5.02 Å². The molecule has 1 amide bonds. The van der Waals surface area contributed by atoms with Gasteiger partial charge in [-0.2, -0.15) is 0 Å². The van der Waals surface area contributed by atoms with Crippen LogP contribution < -0.4 is 5.32 Å². The molecule has 6 heteroatoms. The number of rotatable bonds is 18. The minimum absolute atomic E-state index is 0.0457. The lowest BCUT2D eigenvalue weighted by Crippen LogP contribution is -2.30. The molecule has 0 bridgehead atoms. The van der Waals surface area contributed by atoms with Gasteiger partial charge in [0.2, 0.25) is 0 Å². The summed E-state index contributed by atoms with van der Waals surface area (Å²) in [5, 5.41) is 5.39. The van der Waals surface area contributed by atoms with Crippen LogP contribution in [0.4, 0.5) is 0 Å². The lowest BCUT2D eigenvalue weighted by molar-refractivity contribution is -0.191. The normalized spacial score (nSPS) is 11.9. The Morgan fingerprint density at radius 2 is 1.43 bits per heavy atom. The second kappa shape index (κ2) is 18.0. The smallest absolute Gasteiger partial charge is 0.322 e. The number of carbonyl (C=O) groups is 2. The second-order valence-corrected chi connectivity index (χ2v) is 10.4. The molecule has 1 N–H and O–H groups in total. The number of benzene rings is 2. The first kappa shape index (κ1) is 30.9. The van der Waals surface area contributed by atoms with Crippen molar-refractivity contribution < 1.29 is 14.4 Å². The summed E-state index contributed by atoms with van der Waals surface area (Å²) in [6.45, 7) is 7.44. The Hall–Kier alpha value is -2.37. The van der Waals surface area contributed by atoms with Gasteiger partial charge in [0.15, 0.2) is 0 Å². The van der Waals surface area contributed by atoms with Gasteiger partial charge in [-0.25, -0.2) is 0 Å². The maximum Gasteiger partial charge on any atom is 0.322 e. The second-order valence-electron chi connectivity index (χ2n) is 9.99. The fraction of sp³-hybridized carbons (Fsp3) is 0.548. The summed E-state index contributed by atoms with van der Waals surface area (Å²) in [5.41, 5.74) is 2.73. The minimum atomic E-state index is -0.355. The van der Waals surface area contributed by atoms with E-state index in [-0.39, 0.29) is 17.8 Å². The van der Waals surface area contributed by atoms with Crippen LogP contribution in [0.3, 0.4) is 0 Å². The Morgan fingerprint density at radius 1 is 0.865 bits per heavy atom. The first-order chi connectivity index (χ1) is 17.9. The molecule has 0 aliphatic heterocycles. The third kappa shape index (κ3) is 13.1. The van der Waals surface area contributed by atoms with Crippen molar-refractivity contribution in [2.75, 3.05) is 13.1 Å². The Bertz CT molecular complexity index is 915. The van der Waals surface area contributed by atoms with Crippen molar-refractivity contribution in [3.8, 4) is 0 Å². The molecule has 0 saturated carbocycles. The van der Waals surface area contributed by atoms with E-state index in [1.165, 1.54) is 58.3 Å². The van der Waals surface area contributed by atoms with E-state index in [1.54, 1.807) is 5.06 Å². The van der Waals surface area contributed by atoms with Crippen LogP contribution in [-0.2, 0) is 16.2 Å². The zero-order valence-electron chi connectivity index (χ0n) is 22.9. The summed E-state index contributed by atoms with van der Waals surface area (Å²) >= 11 is 6.00. The standard InChI is InChI=1S/C31H45ClN2O3/c1-4-5-6-7-8-9-10-11-12-13-22-33-31(36)29-16-14-27(15-17-29)24-34(37-26(3)35)23-25(2)28-18-20-30(32)21-19-28/h14-21,25H,4-13,22-24H2,1-3H3,(H,33,36). The molecule has 2 aromatic carbocycles. The summed E-state index contributed by atoms with van der Waals surface area (Å²) < 4.78 is 0. The highest BCUT2D eigenvalue weighted by Gasteiger charge is 2.16. The fourth-order valence-electron chi connectivity index (χ4n) is 4.40. The number of amides is 1. The lowest BCUT2D eigenvalue weighted by Gasteiger charge is -2.24. The molecule has 2 aromatic rings. The highest BCUT2D eigenvalue weighted by molar-refractivity contribution is 6.30. The summed E-state index contributed by atoms with van der Waals surface area (Å²) in [6, 6.07) is 15.2. The van der Waals surface area contributed by atoms with Crippen molar-refractivity contribution >= 4 is 23.5 Å². The van der Waals surface area contributed by atoms with Crippen LogP contribution >= 0.6 is 11.6 Å². The zero-order chi connectivity index (χ0) is 26.9. The van der Waals surface area contributed by atoms with E-state index in [0.29, 0.717) is 30.2 Å². The molecule has 1 atom stereocenters. The molecule has 0 spiro atoms. The van der Waals surface area contributed by atoms with Crippen LogP contribution in [-0.4, -0.2) is 30.0 Å². The van der Waals surface area contributed by atoms with Gasteiger partial charge in [0.05, 0.1) is 6.54 Å². The number of nitrogens with one attached hydrogen (secondary N) is 1. The van der Waals surface area contributed by atoms with Crippen LogP contribution in [0.5, 0.6) is 0 Å². The zero-order valence-corrected chi connectivity index (χ0v) is 23.7. The van der Waals surface area contributed by atoms with Gasteiger partial charge in [-0.05, 0) is 47.7 Å². The SMILES string of the molecule is CCCCCCCCCCCCNC(=O)c1ccc(CN(CC(C)c2ccc(Cl)cc2)OC(C)=O)cc1. The highest BCUT2D eigenvalue weighted by atomic mass is 35.5. The molecule has 5 nitrogen and oxygen atoms in total. The largest absolute Gasteiger partial charge is 0.368 e. The molecule has 0 saturated heterocycles. The van der Waals surface area contributed by atoms with Gasteiger partial charge in [-0.15, -0.1) is 5.06 Å². The number of nitrogens with zero attached hydrogens (tertiary/aromatic N) is 1. The third-order valence-electron chi connectivity index (χ3n) is 6.57. The van der Waals surface area contributed by atoms with E-state index >= 15 is 0 Å². The van der Waals surface area contributed by atoms with Crippen molar-refractivity contribution in [1.82, 2.24) is 10.4 Å². The third-order valence-corrected chi connectivity index (χ3v) is 6.82. The van der Waals surface area contributed by atoms with E-state index < -0.39 is 0 Å². The Kier molecular flexibility index (Phi) is 15.0. The van der Waals surface area contributed by atoms with Crippen LogP contribution in [0.1, 0.15) is 112 Å². The van der Waals surface area contributed by atoms with Gasteiger partial charge in [0.1, 0.15) is 0 Å². The predicted octanol–water partition coefficient (Wildman–Crippen LogP) is 8.07. The van der Waals surface area contributed by atoms with Crippen LogP contribution in [0.15, 0.2) is 48.5 Å². The van der Waals surface area contributed by atoms with Crippen molar-refractivity contribution in [2.45, 2.75) is 97.4 Å². The van der Waals surface area contributed by atoms with Gasteiger partial charge in [-0.1, -0.05) is 108 Å². The van der Waals surface area contributed by atoms with Crippen molar-refractivity contribution in [2.24, 2.45) is 0 Å². The lowest BCUT2D eigenvalue weighted by atomic mass is 10.0. The van der Waals surface area contributed by atoms with E-state index in [1.807, 2.05) is 48.5 Å². The molecule has 1 unspecified atom stereocenters. The van der Waals surface area contributed by atoms with Gasteiger partial charge in [0.25, 0.3) is 5.91 Å². The molecule has 0 aliphatic carbocycles. The van der Waals surface area contributed by atoms with Crippen molar-refractivity contribution in [3.05, 3.63) is 70.2 Å². The average Bonchev–Trinajstić information content (AvgIpc) is 2.87. The summed E-state index contributed by atoms with van der Waals surface area (Å²) in [5.74, 6) is -0.255. The molecule has 0 aromatic heterocycles. The first-order valence-corrected chi connectivity index (χ1v) is 14.3. The van der Waals surface area contributed by atoms with E-state index in [0.717, 1.165) is 24.0 Å². The predicted molar refractivity (Wildman–Crippen MR) is 153 cm³/mol. The van der Waals surface area contributed by atoms with Gasteiger partial charge in [-0.3, -0.25) is 9.59 Å². The summed E-state index contributed by atoms with van der Waals surface area (Å²) in [4.78, 5) is 29.6. The van der Waals surface area contributed by atoms with E-state index in [4.69, 9.17) is 16.4 Å². The molecule has 0 radical (unpaired) electrons. The number of hydrogen-bond donors (Lipinski definition) is 1. The topological polar surface area (TPSA) is 58.6 Å². The molecule has 37 heavy (non-hydrogen) atoms. The van der Waals surface area contributed by atoms with Gasteiger partial charge in [0, 0.05) is 30.6 Å². The Balaban J connectivity index is 1.72. The number of unbranched alkanes of at least 4 members (excludes halogenated alkanes) is 9. The maximum atomic E-state index is 12.5. The summed E-state index contributed by atoms with van der Waals surface area (Å²) in [6.07, 6.45) is 12.8. The monoisotopic (exact) mass is 528 g/mol. The molecule has 0 fully saturated rings. The molecule has 2 rings (SSSR count). The number of hydrogen-bond acceptors (Lipinski definition) is 4. The van der Waals surface area contributed by atoms with Crippen LogP contribution in [0.25, 0.3) is 0 Å². The number of halogens is 1. The average molecular weight is 529 g/mol. The summed E-state index contributed by atoms with van der Waals surface area (Å²) in [7, 11) is 0. The van der Waals surface area contributed by atoms with Gasteiger partial charge < -0.3 is 10.2 Å². The van der Waals surface area contributed by atoms with Crippen molar-refractivity contribution in [1.29, 1.82) is 0 Å². The maximum absolute atomic E-state index is 12.5. The first-order valence-electron chi connectivity index (χ1n) is 13.9. The fourth-order valence-corrected chi connectivity index (χ4v) is 4.53. The quantitative estimate of drug-likeness (QED) is 0.157. The van der Waals surface area contributed by atoms with Crippen molar-refractivity contribution in [3.63, 3.8) is 0 Å². The van der Waals surface area contributed by atoms with Gasteiger partial charge >= 0.3 is 5.97 Å². The minimum Gasteiger partial charge on any atom is -0.368 e. The molecular formula is C31H45ClN2O3. The molecule has 0 heterocycles. The molecule has 0 aliphatic rings. The number of carbonyl (C=O) groups excluding carboxylic acids is 2. The van der Waals surface area contributed by atoms with E-state index in [2.05, 4.69) is 19.2 Å². The van der Waals surface area contributed by atoms with E-state index in [9.17, 15) is 9.59 Å². The Labute approximate surface area is 228 Å². The molecule has 204 valence electrons. The number of hydroxylamine groups is 2. The van der Waals surface area contributed by atoms with Crippen LogP contribution in [0, 0.1) is 0 Å². The Morgan fingerprint density at radius 3 is 2.00 bits per heavy atom.